The van der Waals surface area contributed by atoms with Crippen molar-refractivity contribution in [1.29, 1.82) is 5.26 Å². The van der Waals surface area contributed by atoms with Gasteiger partial charge in [-0.15, -0.1) is 0 Å². The van der Waals surface area contributed by atoms with Crippen LogP contribution in [0.15, 0.2) is 59.1 Å². The Labute approximate surface area is 208 Å². The van der Waals surface area contributed by atoms with Crippen LogP contribution in [-0.2, 0) is 19.1 Å². The number of rotatable bonds is 9. The molecule has 1 aliphatic rings. The number of aryl methyl sites for hydroxylation is 1. The molecule has 9 heteroatoms. The van der Waals surface area contributed by atoms with Crippen LogP contribution in [0.4, 0.5) is 5.69 Å². The van der Waals surface area contributed by atoms with Gasteiger partial charge in [-0.25, -0.2) is 0 Å². The molecule has 2 amide bonds. The summed E-state index contributed by atoms with van der Waals surface area (Å²) >= 11 is 1.03. The van der Waals surface area contributed by atoms with Crippen molar-refractivity contribution in [3.05, 3.63) is 70.3 Å². The van der Waals surface area contributed by atoms with Gasteiger partial charge in [-0.1, -0.05) is 48.2 Å². The minimum Gasteiger partial charge on any atom is -0.494 e. The summed E-state index contributed by atoms with van der Waals surface area (Å²) in [5.41, 5.74) is 2.30. The Morgan fingerprint density at radius 3 is 2.51 bits per heavy atom. The molecule has 1 heterocycles. The van der Waals surface area contributed by atoms with Crippen LogP contribution in [0.25, 0.3) is 0 Å². The number of benzene rings is 2. The first kappa shape index (κ1) is 25.8. The van der Waals surface area contributed by atoms with Gasteiger partial charge in [-0.2, -0.15) is 5.26 Å². The van der Waals surface area contributed by atoms with E-state index < -0.39 is 23.7 Å². The summed E-state index contributed by atoms with van der Waals surface area (Å²) in [4.78, 5) is 38.5. The Morgan fingerprint density at radius 2 is 1.83 bits per heavy atom. The monoisotopic (exact) mass is 493 g/mol. The highest BCUT2D eigenvalue weighted by Crippen LogP contribution is 2.43. The molecule has 0 spiro atoms. The first-order valence-electron chi connectivity index (χ1n) is 11.2. The van der Waals surface area contributed by atoms with E-state index in [2.05, 4.69) is 16.7 Å². The first-order chi connectivity index (χ1) is 16.9. The molecule has 35 heavy (non-hydrogen) atoms. The average Bonchev–Trinajstić information content (AvgIpc) is 2.84. The first-order valence-corrected chi connectivity index (χ1v) is 12.2. The largest absolute Gasteiger partial charge is 0.494 e. The van der Waals surface area contributed by atoms with Crippen LogP contribution in [-0.4, -0.2) is 36.8 Å². The molecular formula is C26H27N3O5S. The fourth-order valence-corrected chi connectivity index (χ4v) is 4.67. The summed E-state index contributed by atoms with van der Waals surface area (Å²) in [6, 6.07) is 16.5. The topological polar surface area (TPSA) is 118 Å². The maximum absolute atomic E-state index is 13.1. The number of nitrogens with zero attached hydrogens (tertiary/aromatic N) is 1. The van der Waals surface area contributed by atoms with E-state index in [1.807, 2.05) is 32.0 Å². The third-order valence-electron chi connectivity index (χ3n) is 5.39. The molecule has 0 saturated carbocycles. The summed E-state index contributed by atoms with van der Waals surface area (Å²) in [6.45, 7) is 5.82. The maximum Gasteiger partial charge on any atom is 0.319 e. The fraction of sp³-hybridized carbons (Fsp3) is 0.308. The second-order valence-corrected chi connectivity index (χ2v) is 8.66. The molecule has 0 radical (unpaired) electrons. The van der Waals surface area contributed by atoms with Gasteiger partial charge in [0.1, 0.15) is 11.7 Å². The quantitative estimate of drug-likeness (QED) is 0.402. The summed E-state index contributed by atoms with van der Waals surface area (Å²) in [5.74, 6) is -3.37. The molecule has 182 valence electrons. The van der Waals surface area contributed by atoms with Crippen LogP contribution in [0, 0.1) is 24.2 Å². The number of esters is 1. The summed E-state index contributed by atoms with van der Waals surface area (Å²) < 4.78 is 10.9. The lowest BCUT2D eigenvalue weighted by molar-refractivity contribution is -0.152. The number of nitriles is 1. The zero-order valence-corrected chi connectivity index (χ0v) is 20.6. The Hall–Kier alpha value is -3.77. The Bertz CT molecular complexity index is 1190. The maximum atomic E-state index is 13.1. The van der Waals surface area contributed by atoms with E-state index in [1.54, 1.807) is 37.3 Å². The molecule has 0 aliphatic carbocycles. The summed E-state index contributed by atoms with van der Waals surface area (Å²) in [5, 5.41) is 15.8. The molecular weight excluding hydrogens is 466 g/mol. The van der Waals surface area contributed by atoms with E-state index in [0.29, 0.717) is 23.6 Å². The van der Waals surface area contributed by atoms with Crippen molar-refractivity contribution in [2.45, 2.75) is 26.7 Å². The van der Waals surface area contributed by atoms with Crippen molar-refractivity contribution in [2.75, 3.05) is 24.3 Å². The number of thioether (sulfide) groups is 1. The number of ether oxygens (including phenoxy) is 2. The Kier molecular flexibility index (Phi) is 8.92. The number of allylic oxidation sites excluding steroid dienone is 1. The van der Waals surface area contributed by atoms with Gasteiger partial charge in [-0.05, 0) is 38.5 Å². The lowest BCUT2D eigenvalue weighted by Crippen LogP contribution is -2.44. The zero-order valence-electron chi connectivity index (χ0n) is 19.8. The predicted molar refractivity (Wildman–Crippen MR) is 134 cm³/mol. The van der Waals surface area contributed by atoms with E-state index in [-0.39, 0.29) is 28.9 Å². The van der Waals surface area contributed by atoms with Gasteiger partial charge in [-0.3, -0.25) is 14.4 Å². The minimum absolute atomic E-state index is 0.0426. The van der Waals surface area contributed by atoms with E-state index in [4.69, 9.17) is 9.47 Å². The molecule has 0 saturated heterocycles. The number of carbonyl (C=O) groups excluding carboxylic acids is 3. The van der Waals surface area contributed by atoms with Crippen molar-refractivity contribution in [1.82, 2.24) is 5.32 Å². The number of amides is 2. The lowest BCUT2D eigenvalue weighted by atomic mass is 9.78. The standard InChI is InChI=1S/C26H27N3O5S/c1-4-33-20-13-9-7-11-17(20)22-18(14-27)25(29-24(31)23(22)26(32)34-5-2)35-15-21(30)28-19-12-8-6-10-16(19)3/h6-13,22-23H,4-5,15H2,1-3H3,(H,28,30)(H,29,31). The van der Waals surface area contributed by atoms with E-state index in [9.17, 15) is 19.6 Å². The predicted octanol–water partition coefficient (Wildman–Crippen LogP) is 3.89. The van der Waals surface area contributed by atoms with Crippen molar-refractivity contribution in [3.8, 4) is 11.8 Å². The number of hydrogen-bond donors (Lipinski definition) is 2. The molecule has 3 rings (SSSR count). The summed E-state index contributed by atoms with van der Waals surface area (Å²) in [7, 11) is 0. The Balaban J connectivity index is 1.96. The van der Waals surface area contributed by atoms with Crippen molar-refractivity contribution < 1.29 is 23.9 Å². The van der Waals surface area contributed by atoms with E-state index in [0.717, 1.165) is 17.3 Å². The number of nitrogens with one attached hydrogen (secondary N) is 2. The van der Waals surface area contributed by atoms with Gasteiger partial charge >= 0.3 is 5.97 Å². The van der Waals surface area contributed by atoms with Crippen LogP contribution >= 0.6 is 11.8 Å². The third kappa shape index (κ3) is 6.03. The zero-order chi connectivity index (χ0) is 25.4. The SMILES string of the molecule is CCOC(=O)C1C(=O)NC(SCC(=O)Nc2ccccc2C)=C(C#N)C1c1ccccc1OCC. The van der Waals surface area contributed by atoms with Crippen LogP contribution in [0.3, 0.4) is 0 Å². The van der Waals surface area contributed by atoms with Crippen molar-refractivity contribution >= 4 is 35.2 Å². The van der Waals surface area contributed by atoms with E-state index in [1.165, 1.54) is 0 Å². The van der Waals surface area contributed by atoms with Crippen LogP contribution < -0.4 is 15.4 Å². The normalized spacial score (nSPS) is 17.3. The second-order valence-electron chi connectivity index (χ2n) is 7.67. The highest BCUT2D eigenvalue weighted by molar-refractivity contribution is 8.03. The summed E-state index contributed by atoms with van der Waals surface area (Å²) in [6.07, 6.45) is 0. The van der Waals surface area contributed by atoms with Gasteiger partial charge in [0.2, 0.25) is 11.8 Å². The molecule has 0 fully saturated rings. The van der Waals surface area contributed by atoms with Crippen LogP contribution in [0.2, 0.25) is 0 Å². The molecule has 2 aromatic carbocycles. The molecule has 1 aliphatic heterocycles. The smallest absolute Gasteiger partial charge is 0.319 e. The van der Waals surface area contributed by atoms with Crippen LogP contribution in [0.5, 0.6) is 5.75 Å². The second kappa shape index (κ2) is 12.1. The van der Waals surface area contributed by atoms with Gasteiger partial charge < -0.3 is 20.1 Å². The van der Waals surface area contributed by atoms with Crippen LogP contribution in [0.1, 0.15) is 30.9 Å². The lowest BCUT2D eigenvalue weighted by Gasteiger charge is -2.32. The van der Waals surface area contributed by atoms with E-state index >= 15 is 0 Å². The highest BCUT2D eigenvalue weighted by Gasteiger charge is 2.45. The molecule has 2 atom stereocenters. The fourth-order valence-electron chi connectivity index (χ4n) is 3.82. The molecule has 8 nitrogen and oxygen atoms in total. The number of para-hydroxylation sites is 2. The van der Waals surface area contributed by atoms with Crippen molar-refractivity contribution in [3.63, 3.8) is 0 Å². The molecule has 2 unspecified atom stereocenters. The molecule has 0 aromatic heterocycles. The van der Waals surface area contributed by atoms with Crippen molar-refractivity contribution in [2.24, 2.45) is 5.92 Å². The number of anilines is 1. The molecule has 2 aromatic rings. The highest BCUT2D eigenvalue weighted by atomic mass is 32.2. The third-order valence-corrected chi connectivity index (χ3v) is 6.41. The van der Waals surface area contributed by atoms with Gasteiger partial charge in [0.15, 0.2) is 0 Å². The molecule has 0 bridgehead atoms. The number of hydrogen-bond acceptors (Lipinski definition) is 7. The van der Waals surface area contributed by atoms with Gasteiger partial charge in [0.05, 0.1) is 35.6 Å². The molecule has 2 N–H and O–H groups in total. The Morgan fingerprint density at radius 1 is 1.11 bits per heavy atom. The average molecular weight is 494 g/mol. The van der Waals surface area contributed by atoms with Gasteiger partial charge in [0.25, 0.3) is 0 Å². The minimum atomic E-state index is -1.27. The number of carbonyl (C=O) groups is 3. The van der Waals surface area contributed by atoms with Gasteiger partial charge in [0, 0.05) is 17.2 Å².